The van der Waals surface area contributed by atoms with Gasteiger partial charge in [0.15, 0.2) is 0 Å². The van der Waals surface area contributed by atoms with E-state index in [0.717, 1.165) is 10.9 Å². The van der Waals surface area contributed by atoms with Crippen LogP contribution in [0.25, 0.3) is 22.2 Å². The molecular formula is C14H11FN2O. The highest BCUT2D eigenvalue weighted by molar-refractivity contribution is 5.95. The summed E-state index contributed by atoms with van der Waals surface area (Å²) in [7, 11) is 0. The molecule has 0 amide bonds. The molecule has 0 saturated carbocycles. The Kier molecular flexibility index (Phi) is 2.57. The lowest BCUT2D eigenvalue weighted by atomic mass is 10.0. The van der Waals surface area contributed by atoms with E-state index < -0.39 is 0 Å². The molecular weight excluding hydrogens is 231 g/mol. The van der Waals surface area contributed by atoms with E-state index >= 15 is 0 Å². The third-order valence-corrected chi connectivity index (χ3v) is 2.86. The Morgan fingerprint density at radius 1 is 1.11 bits per heavy atom. The quantitative estimate of drug-likeness (QED) is 0.751. The number of nitrogens with two attached hydrogens (primary N) is 1. The molecule has 0 bridgehead atoms. The van der Waals surface area contributed by atoms with Crippen LogP contribution >= 0.6 is 0 Å². The highest BCUT2D eigenvalue weighted by Crippen LogP contribution is 2.29. The van der Waals surface area contributed by atoms with Gasteiger partial charge in [-0.3, -0.25) is 0 Å². The standard InChI is InChI=1S/C14H11FN2O/c15-13-6-5-12(10-3-1-2-4-11(10)13)14-17-9(7-16)8-18-14/h1-6,8H,7,16H2. The molecule has 3 aromatic rings. The highest BCUT2D eigenvalue weighted by atomic mass is 19.1. The summed E-state index contributed by atoms with van der Waals surface area (Å²) in [4.78, 5) is 4.26. The zero-order chi connectivity index (χ0) is 12.5. The average molecular weight is 242 g/mol. The first-order valence-corrected chi connectivity index (χ1v) is 5.61. The van der Waals surface area contributed by atoms with E-state index in [2.05, 4.69) is 4.98 Å². The second kappa shape index (κ2) is 4.23. The molecule has 2 N–H and O–H groups in total. The SMILES string of the molecule is NCc1coc(-c2ccc(F)c3ccccc23)n1. The zero-order valence-corrected chi connectivity index (χ0v) is 9.56. The van der Waals surface area contributed by atoms with Gasteiger partial charge in [0, 0.05) is 17.5 Å². The number of fused-ring (bicyclic) bond motifs is 1. The van der Waals surface area contributed by atoms with Crippen LogP contribution in [-0.4, -0.2) is 4.98 Å². The van der Waals surface area contributed by atoms with Crippen molar-refractivity contribution < 1.29 is 8.81 Å². The van der Waals surface area contributed by atoms with Gasteiger partial charge in [-0.25, -0.2) is 9.37 Å². The number of benzene rings is 2. The molecule has 0 saturated heterocycles. The lowest BCUT2D eigenvalue weighted by molar-refractivity contribution is 0.573. The van der Waals surface area contributed by atoms with Crippen molar-refractivity contribution in [3.05, 3.63) is 54.2 Å². The average Bonchev–Trinajstić information content (AvgIpc) is 2.88. The van der Waals surface area contributed by atoms with Crippen LogP contribution in [0.1, 0.15) is 5.69 Å². The summed E-state index contributed by atoms with van der Waals surface area (Å²) in [5, 5.41) is 1.34. The Balaban J connectivity index is 2.26. The first-order valence-electron chi connectivity index (χ1n) is 5.61. The number of halogens is 1. The van der Waals surface area contributed by atoms with Crippen molar-refractivity contribution in [1.29, 1.82) is 0 Å². The maximum atomic E-state index is 13.7. The van der Waals surface area contributed by atoms with E-state index in [9.17, 15) is 4.39 Å². The van der Waals surface area contributed by atoms with Crippen LogP contribution in [0.5, 0.6) is 0 Å². The fraction of sp³-hybridized carbons (Fsp3) is 0.0714. The normalized spacial score (nSPS) is 11.0. The van der Waals surface area contributed by atoms with Crippen molar-refractivity contribution in [2.24, 2.45) is 5.73 Å². The fourth-order valence-corrected chi connectivity index (χ4v) is 1.97. The van der Waals surface area contributed by atoms with Crippen LogP contribution in [0.4, 0.5) is 4.39 Å². The van der Waals surface area contributed by atoms with E-state index in [0.29, 0.717) is 23.5 Å². The van der Waals surface area contributed by atoms with Gasteiger partial charge in [0.2, 0.25) is 5.89 Å². The van der Waals surface area contributed by atoms with Gasteiger partial charge in [0.1, 0.15) is 12.1 Å². The molecule has 0 aliphatic carbocycles. The van der Waals surface area contributed by atoms with Gasteiger partial charge in [0.25, 0.3) is 0 Å². The first kappa shape index (κ1) is 10.9. The van der Waals surface area contributed by atoms with Gasteiger partial charge in [-0.2, -0.15) is 0 Å². The third kappa shape index (κ3) is 1.67. The molecule has 90 valence electrons. The molecule has 3 rings (SSSR count). The molecule has 0 radical (unpaired) electrons. The maximum Gasteiger partial charge on any atom is 0.226 e. The van der Waals surface area contributed by atoms with Gasteiger partial charge in [0.05, 0.1) is 5.69 Å². The third-order valence-electron chi connectivity index (χ3n) is 2.86. The van der Waals surface area contributed by atoms with Crippen LogP contribution in [0.15, 0.2) is 47.1 Å². The Morgan fingerprint density at radius 2 is 1.89 bits per heavy atom. The molecule has 0 fully saturated rings. The van der Waals surface area contributed by atoms with Crippen molar-refractivity contribution in [1.82, 2.24) is 4.98 Å². The van der Waals surface area contributed by atoms with Gasteiger partial charge < -0.3 is 10.2 Å². The van der Waals surface area contributed by atoms with E-state index in [1.807, 2.05) is 12.1 Å². The maximum absolute atomic E-state index is 13.7. The fourth-order valence-electron chi connectivity index (χ4n) is 1.97. The number of aromatic nitrogens is 1. The number of rotatable bonds is 2. The topological polar surface area (TPSA) is 52.0 Å². The van der Waals surface area contributed by atoms with Crippen LogP contribution in [-0.2, 0) is 6.54 Å². The minimum atomic E-state index is -0.250. The van der Waals surface area contributed by atoms with Crippen LogP contribution in [0.3, 0.4) is 0 Å². The number of oxazole rings is 1. The summed E-state index contributed by atoms with van der Waals surface area (Å²) in [6.45, 7) is 0.322. The zero-order valence-electron chi connectivity index (χ0n) is 9.56. The minimum Gasteiger partial charge on any atom is -0.444 e. The molecule has 2 aromatic carbocycles. The van der Waals surface area contributed by atoms with Crippen LogP contribution in [0.2, 0.25) is 0 Å². The van der Waals surface area contributed by atoms with Crippen LogP contribution < -0.4 is 5.73 Å². The minimum absolute atomic E-state index is 0.250. The highest BCUT2D eigenvalue weighted by Gasteiger charge is 2.11. The summed E-state index contributed by atoms with van der Waals surface area (Å²) >= 11 is 0. The lowest BCUT2D eigenvalue weighted by Gasteiger charge is -2.03. The molecule has 1 aromatic heterocycles. The Hall–Kier alpha value is -2.20. The van der Waals surface area contributed by atoms with E-state index in [4.69, 9.17) is 10.2 Å². The summed E-state index contributed by atoms with van der Waals surface area (Å²) in [5.74, 6) is 0.214. The summed E-state index contributed by atoms with van der Waals surface area (Å²) in [6, 6.07) is 10.3. The molecule has 0 aliphatic rings. The van der Waals surface area contributed by atoms with Crippen molar-refractivity contribution in [3.8, 4) is 11.5 Å². The van der Waals surface area contributed by atoms with Crippen molar-refractivity contribution in [2.45, 2.75) is 6.54 Å². The van der Waals surface area contributed by atoms with Gasteiger partial charge in [-0.1, -0.05) is 24.3 Å². The van der Waals surface area contributed by atoms with E-state index in [-0.39, 0.29) is 5.82 Å². The van der Waals surface area contributed by atoms with Crippen molar-refractivity contribution in [3.63, 3.8) is 0 Å². The smallest absolute Gasteiger partial charge is 0.226 e. The number of nitrogens with zero attached hydrogens (tertiary/aromatic N) is 1. The van der Waals surface area contributed by atoms with E-state index in [1.165, 1.54) is 12.3 Å². The molecule has 18 heavy (non-hydrogen) atoms. The summed E-state index contributed by atoms with van der Waals surface area (Å²) in [5.41, 5.74) is 6.94. The molecule has 0 aliphatic heterocycles. The Bertz CT molecular complexity index is 706. The number of hydrogen-bond acceptors (Lipinski definition) is 3. The van der Waals surface area contributed by atoms with Crippen molar-refractivity contribution in [2.75, 3.05) is 0 Å². The molecule has 0 unspecified atom stereocenters. The predicted octanol–water partition coefficient (Wildman–Crippen LogP) is 3.09. The largest absolute Gasteiger partial charge is 0.444 e. The van der Waals surface area contributed by atoms with E-state index in [1.54, 1.807) is 18.2 Å². The predicted molar refractivity (Wildman–Crippen MR) is 67.3 cm³/mol. The van der Waals surface area contributed by atoms with Crippen LogP contribution in [0, 0.1) is 5.82 Å². The van der Waals surface area contributed by atoms with Gasteiger partial charge in [-0.15, -0.1) is 0 Å². The molecule has 0 spiro atoms. The van der Waals surface area contributed by atoms with Gasteiger partial charge >= 0.3 is 0 Å². The second-order valence-corrected chi connectivity index (χ2v) is 3.99. The second-order valence-electron chi connectivity index (χ2n) is 3.99. The van der Waals surface area contributed by atoms with Crippen molar-refractivity contribution >= 4 is 10.8 Å². The molecule has 4 heteroatoms. The monoisotopic (exact) mass is 242 g/mol. The Morgan fingerprint density at radius 3 is 2.61 bits per heavy atom. The summed E-state index contributed by atoms with van der Waals surface area (Å²) < 4.78 is 19.1. The summed E-state index contributed by atoms with van der Waals surface area (Å²) in [6.07, 6.45) is 1.52. The Labute approximate surface area is 103 Å². The lowest BCUT2D eigenvalue weighted by Crippen LogP contribution is -1.95. The molecule has 3 nitrogen and oxygen atoms in total. The number of hydrogen-bond donors (Lipinski definition) is 1. The first-order chi connectivity index (χ1) is 8.79. The molecule has 1 heterocycles. The molecule has 0 atom stereocenters. The van der Waals surface area contributed by atoms with Gasteiger partial charge in [-0.05, 0) is 17.5 Å².